The molecule has 6 aromatic rings. The van der Waals surface area contributed by atoms with Gasteiger partial charge in [0.15, 0.2) is 0 Å². The van der Waals surface area contributed by atoms with E-state index >= 15 is 0 Å². The van der Waals surface area contributed by atoms with Crippen molar-refractivity contribution >= 4 is 31.5 Å². The minimum absolute atomic E-state index is 1.01. The van der Waals surface area contributed by atoms with Gasteiger partial charge in [-0.3, -0.25) is 4.98 Å². The zero-order valence-corrected chi connectivity index (χ0v) is 18.6. The second-order valence-corrected chi connectivity index (χ2v) is 9.16. The van der Waals surface area contributed by atoms with Gasteiger partial charge in [-0.1, -0.05) is 84.9 Å². The Morgan fingerprint density at radius 3 is 2.16 bits per heavy atom. The number of aromatic nitrogens is 1. The third-order valence-corrected chi connectivity index (χ3v) is 7.20. The Kier molecular flexibility index (Phi) is 4.59. The van der Waals surface area contributed by atoms with E-state index in [4.69, 9.17) is 0 Å². The molecule has 0 aliphatic carbocycles. The molecule has 0 aliphatic heterocycles. The van der Waals surface area contributed by atoms with Gasteiger partial charge in [0.1, 0.15) is 0 Å². The largest absolute Gasteiger partial charge is 0.253 e. The fourth-order valence-corrected chi connectivity index (χ4v) is 5.62. The lowest BCUT2D eigenvalue weighted by molar-refractivity contribution is 1.21. The van der Waals surface area contributed by atoms with Crippen LogP contribution < -0.4 is 0 Å². The van der Waals surface area contributed by atoms with Gasteiger partial charge in [0.2, 0.25) is 0 Å². The van der Waals surface area contributed by atoms with Crippen molar-refractivity contribution in [2.24, 2.45) is 0 Å². The van der Waals surface area contributed by atoms with Crippen molar-refractivity contribution in [3.05, 3.63) is 115 Å². The molecule has 0 fully saturated rings. The maximum absolute atomic E-state index is 4.68. The summed E-state index contributed by atoms with van der Waals surface area (Å²) in [4.78, 5) is 4.68. The van der Waals surface area contributed by atoms with Gasteiger partial charge in [-0.2, -0.15) is 0 Å². The maximum atomic E-state index is 4.68. The quantitative estimate of drug-likeness (QED) is 0.275. The van der Waals surface area contributed by atoms with E-state index in [2.05, 4.69) is 108 Å². The molecule has 2 aromatic heterocycles. The highest BCUT2D eigenvalue weighted by Gasteiger charge is 2.10. The van der Waals surface area contributed by atoms with Crippen LogP contribution in [-0.4, -0.2) is 4.98 Å². The number of nitrogens with zero attached hydrogens (tertiary/aromatic N) is 1. The minimum Gasteiger partial charge on any atom is -0.253 e. The van der Waals surface area contributed by atoms with Crippen molar-refractivity contribution in [2.45, 2.75) is 6.92 Å². The molecule has 0 saturated heterocycles. The molecule has 0 aliphatic rings. The molecular formula is C30H21NS. The first-order valence-electron chi connectivity index (χ1n) is 10.8. The van der Waals surface area contributed by atoms with E-state index in [9.17, 15) is 0 Å². The molecule has 0 spiro atoms. The van der Waals surface area contributed by atoms with Gasteiger partial charge in [-0.05, 0) is 53.4 Å². The zero-order chi connectivity index (χ0) is 21.5. The Morgan fingerprint density at radius 2 is 1.28 bits per heavy atom. The highest BCUT2D eigenvalue weighted by Crippen LogP contribution is 2.40. The fourth-order valence-electron chi connectivity index (χ4n) is 4.38. The summed E-state index contributed by atoms with van der Waals surface area (Å²) in [5.74, 6) is 0. The lowest BCUT2D eigenvalue weighted by Gasteiger charge is -2.08. The lowest BCUT2D eigenvalue weighted by atomic mass is 9.97. The van der Waals surface area contributed by atoms with E-state index in [1.54, 1.807) is 0 Å². The van der Waals surface area contributed by atoms with Gasteiger partial charge < -0.3 is 0 Å². The highest BCUT2D eigenvalue weighted by molar-refractivity contribution is 7.26. The van der Waals surface area contributed by atoms with Crippen LogP contribution in [0.4, 0.5) is 0 Å². The predicted molar refractivity (Wildman–Crippen MR) is 138 cm³/mol. The number of benzene rings is 4. The van der Waals surface area contributed by atoms with Crippen molar-refractivity contribution in [1.82, 2.24) is 4.98 Å². The molecule has 1 nitrogen and oxygen atoms in total. The monoisotopic (exact) mass is 427 g/mol. The molecule has 152 valence electrons. The zero-order valence-electron chi connectivity index (χ0n) is 17.7. The molecule has 0 radical (unpaired) electrons. The van der Waals surface area contributed by atoms with Crippen LogP contribution in [0.3, 0.4) is 0 Å². The molecule has 0 saturated carbocycles. The van der Waals surface area contributed by atoms with Gasteiger partial charge in [0.05, 0.1) is 5.69 Å². The van der Waals surface area contributed by atoms with Gasteiger partial charge in [-0.15, -0.1) is 11.3 Å². The van der Waals surface area contributed by atoms with E-state index in [0.29, 0.717) is 0 Å². The van der Waals surface area contributed by atoms with Gasteiger partial charge >= 0.3 is 0 Å². The Bertz CT molecular complexity index is 1570. The Balaban J connectivity index is 1.39. The maximum Gasteiger partial charge on any atom is 0.0705 e. The van der Waals surface area contributed by atoms with Gasteiger partial charge in [0, 0.05) is 31.4 Å². The average molecular weight is 428 g/mol. The SMILES string of the molecule is Cc1cccc(-c2cccc(-c3ccc(-c4cccc5c4sc4ccccc45)cc3)c2)n1. The molecule has 2 heteroatoms. The van der Waals surface area contributed by atoms with Crippen molar-refractivity contribution in [3.63, 3.8) is 0 Å². The average Bonchev–Trinajstić information content (AvgIpc) is 3.23. The van der Waals surface area contributed by atoms with Gasteiger partial charge in [-0.25, -0.2) is 0 Å². The first kappa shape index (κ1) is 19.0. The van der Waals surface area contributed by atoms with Crippen LogP contribution in [0.25, 0.3) is 53.7 Å². The molecular weight excluding hydrogens is 406 g/mol. The summed E-state index contributed by atoms with van der Waals surface area (Å²) in [6.45, 7) is 2.03. The van der Waals surface area contributed by atoms with Crippen molar-refractivity contribution in [2.75, 3.05) is 0 Å². The normalized spacial score (nSPS) is 11.3. The molecule has 0 atom stereocenters. The molecule has 32 heavy (non-hydrogen) atoms. The number of rotatable bonds is 3. The summed E-state index contributed by atoms with van der Waals surface area (Å²) >= 11 is 1.88. The van der Waals surface area contributed by atoms with Crippen LogP contribution in [0.2, 0.25) is 0 Å². The highest BCUT2D eigenvalue weighted by atomic mass is 32.1. The third kappa shape index (κ3) is 3.30. The first-order chi connectivity index (χ1) is 15.8. The Hall–Kier alpha value is -3.75. The Morgan fingerprint density at radius 1 is 0.562 bits per heavy atom. The molecule has 0 N–H and O–H groups in total. The number of hydrogen-bond acceptors (Lipinski definition) is 2. The molecule has 0 unspecified atom stereocenters. The predicted octanol–water partition coefficient (Wildman–Crippen LogP) is 8.76. The number of fused-ring (bicyclic) bond motifs is 3. The molecule has 6 rings (SSSR count). The standard InChI is InChI=1S/C30H21NS/c1-20-7-4-13-28(31-20)24-9-5-8-23(19-24)21-15-17-22(18-16-21)25-11-6-12-27-26-10-2-3-14-29(26)32-30(25)27/h2-19H,1H3. The summed E-state index contributed by atoms with van der Waals surface area (Å²) in [6.07, 6.45) is 0. The van der Waals surface area contributed by atoms with E-state index in [-0.39, 0.29) is 0 Å². The number of aryl methyl sites for hydroxylation is 1. The molecule has 4 aromatic carbocycles. The summed E-state index contributed by atoms with van der Waals surface area (Å²) in [5, 5.41) is 2.68. The minimum atomic E-state index is 1.01. The lowest BCUT2D eigenvalue weighted by Crippen LogP contribution is -1.87. The Labute approximate surface area is 191 Å². The van der Waals surface area contributed by atoms with E-state index < -0.39 is 0 Å². The molecule has 0 amide bonds. The van der Waals surface area contributed by atoms with Crippen LogP contribution in [0.1, 0.15) is 5.69 Å². The van der Waals surface area contributed by atoms with E-state index in [1.165, 1.54) is 42.4 Å². The third-order valence-electron chi connectivity index (χ3n) is 5.98. The van der Waals surface area contributed by atoms with Crippen LogP contribution in [0.15, 0.2) is 109 Å². The van der Waals surface area contributed by atoms with Crippen molar-refractivity contribution < 1.29 is 0 Å². The molecule has 0 bridgehead atoms. The number of pyridine rings is 1. The van der Waals surface area contributed by atoms with Crippen molar-refractivity contribution in [3.8, 4) is 33.5 Å². The summed E-state index contributed by atoms with van der Waals surface area (Å²) in [6, 6.07) is 39.0. The summed E-state index contributed by atoms with van der Waals surface area (Å²) in [5.41, 5.74) is 8.16. The topological polar surface area (TPSA) is 12.9 Å². The van der Waals surface area contributed by atoms with E-state index in [0.717, 1.165) is 17.0 Å². The van der Waals surface area contributed by atoms with Crippen molar-refractivity contribution in [1.29, 1.82) is 0 Å². The summed E-state index contributed by atoms with van der Waals surface area (Å²) in [7, 11) is 0. The van der Waals surface area contributed by atoms with E-state index in [1.807, 2.05) is 24.3 Å². The van der Waals surface area contributed by atoms with Crippen LogP contribution in [0.5, 0.6) is 0 Å². The van der Waals surface area contributed by atoms with Gasteiger partial charge in [0.25, 0.3) is 0 Å². The summed E-state index contributed by atoms with van der Waals surface area (Å²) < 4.78 is 2.70. The van der Waals surface area contributed by atoms with Crippen LogP contribution in [0, 0.1) is 6.92 Å². The fraction of sp³-hybridized carbons (Fsp3) is 0.0333. The smallest absolute Gasteiger partial charge is 0.0705 e. The number of thiophene rings is 1. The molecule has 2 heterocycles. The number of hydrogen-bond donors (Lipinski definition) is 0. The van der Waals surface area contributed by atoms with Crippen LogP contribution >= 0.6 is 11.3 Å². The van der Waals surface area contributed by atoms with Crippen LogP contribution in [-0.2, 0) is 0 Å². The first-order valence-corrected chi connectivity index (χ1v) is 11.6. The second-order valence-electron chi connectivity index (χ2n) is 8.10. The second kappa shape index (κ2) is 7.74.